The molecule has 0 radical (unpaired) electrons. The summed E-state index contributed by atoms with van der Waals surface area (Å²) < 4.78 is 10.3. The lowest BCUT2D eigenvalue weighted by Crippen LogP contribution is -2.17. The van der Waals surface area contributed by atoms with Gasteiger partial charge in [0.1, 0.15) is 5.75 Å². The molecule has 0 heterocycles. The van der Waals surface area contributed by atoms with E-state index in [9.17, 15) is 4.79 Å². The van der Waals surface area contributed by atoms with Gasteiger partial charge in [-0.15, -0.1) is 0 Å². The van der Waals surface area contributed by atoms with E-state index in [0.717, 1.165) is 17.7 Å². The molecule has 0 aliphatic heterocycles. The molecule has 0 bridgehead atoms. The van der Waals surface area contributed by atoms with Gasteiger partial charge in [0, 0.05) is 11.8 Å². The first-order valence-electron chi connectivity index (χ1n) is 6.54. The summed E-state index contributed by atoms with van der Waals surface area (Å²) in [6.45, 7) is 2.02. The quantitative estimate of drug-likeness (QED) is 0.903. The van der Waals surface area contributed by atoms with Gasteiger partial charge in [-0.2, -0.15) is 0 Å². The van der Waals surface area contributed by atoms with Crippen molar-refractivity contribution in [1.29, 1.82) is 0 Å². The number of benzene rings is 2. The summed E-state index contributed by atoms with van der Waals surface area (Å²) in [6.07, 6.45) is 0.239. The number of nitrogens with one attached hydrogen (secondary N) is 1. The summed E-state index contributed by atoms with van der Waals surface area (Å²) in [4.78, 5) is 11.9. The van der Waals surface area contributed by atoms with E-state index in [1.165, 1.54) is 0 Å². The zero-order valence-corrected chi connectivity index (χ0v) is 12.6. The number of ether oxygens (including phenoxy) is 2. The molecule has 0 saturated heterocycles. The SMILES string of the molecule is CCc1ccccc1NC(=O)Oc1ccc(OC)cc1Cl. The average molecular weight is 306 g/mol. The molecule has 1 N–H and O–H groups in total. The molecule has 1 amide bonds. The highest BCUT2D eigenvalue weighted by molar-refractivity contribution is 6.32. The van der Waals surface area contributed by atoms with Gasteiger partial charge in [0.15, 0.2) is 5.75 Å². The third kappa shape index (κ3) is 3.89. The average Bonchev–Trinajstić information content (AvgIpc) is 2.49. The summed E-state index contributed by atoms with van der Waals surface area (Å²) in [6, 6.07) is 12.4. The minimum Gasteiger partial charge on any atom is -0.497 e. The second-order valence-corrected chi connectivity index (χ2v) is 4.73. The number of hydrogen-bond acceptors (Lipinski definition) is 3. The number of amides is 1. The molecular formula is C16H16ClNO3. The molecular weight excluding hydrogens is 290 g/mol. The topological polar surface area (TPSA) is 47.6 Å². The van der Waals surface area contributed by atoms with Crippen LogP contribution in [0.3, 0.4) is 0 Å². The molecule has 2 aromatic rings. The molecule has 2 aromatic carbocycles. The fraction of sp³-hybridized carbons (Fsp3) is 0.188. The van der Waals surface area contributed by atoms with Gasteiger partial charge in [-0.3, -0.25) is 5.32 Å². The second kappa shape index (κ2) is 6.99. The lowest BCUT2D eigenvalue weighted by atomic mass is 10.1. The first-order chi connectivity index (χ1) is 10.1. The maximum absolute atomic E-state index is 11.9. The third-order valence-corrected chi connectivity index (χ3v) is 3.27. The molecule has 0 fully saturated rings. The Hall–Kier alpha value is -2.20. The molecule has 0 aliphatic rings. The van der Waals surface area contributed by atoms with Crippen molar-refractivity contribution in [3.63, 3.8) is 0 Å². The van der Waals surface area contributed by atoms with E-state index >= 15 is 0 Å². The number of carbonyl (C=O) groups is 1. The zero-order valence-electron chi connectivity index (χ0n) is 11.9. The molecule has 5 heteroatoms. The summed E-state index contributed by atoms with van der Waals surface area (Å²) in [5, 5.41) is 3.03. The minimum absolute atomic E-state index is 0.281. The number of aryl methyl sites for hydroxylation is 1. The van der Waals surface area contributed by atoms with E-state index in [1.54, 1.807) is 25.3 Å². The standard InChI is InChI=1S/C16H16ClNO3/c1-3-11-6-4-5-7-14(11)18-16(19)21-15-9-8-12(20-2)10-13(15)17/h4-10H,3H2,1-2H3,(H,18,19). The molecule has 21 heavy (non-hydrogen) atoms. The number of anilines is 1. The largest absolute Gasteiger partial charge is 0.497 e. The molecule has 0 atom stereocenters. The molecule has 0 spiro atoms. The lowest BCUT2D eigenvalue weighted by molar-refractivity contribution is 0.215. The van der Waals surface area contributed by atoms with Gasteiger partial charge in [0.2, 0.25) is 0 Å². The van der Waals surface area contributed by atoms with Crippen LogP contribution in [-0.2, 0) is 6.42 Å². The molecule has 2 rings (SSSR count). The van der Waals surface area contributed by atoms with E-state index < -0.39 is 6.09 Å². The van der Waals surface area contributed by atoms with Gasteiger partial charge in [0.05, 0.1) is 12.1 Å². The van der Waals surface area contributed by atoms with E-state index in [-0.39, 0.29) is 5.75 Å². The Kier molecular flexibility index (Phi) is 5.06. The first-order valence-corrected chi connectivity index (χ1v) is 6.92. The summed E-state index contributed by atoms with van der Waals surface area (Å²) in [5.41, 5.74) is 1.77. The van der Waals surface area contributed by atoms with Crippen LogP contribution in [0.1, 0.15) is 12.5 Å². The molecule has 0 aromatic heterocycles. The predicted molar refractivity (Wildman–Crippen MR) is 83.5 cm³/mol. The van der Waals surface area contributed by atoms with Crippen LogP contribution in [0.15, 0.2) is 42.5 Å². The van der Waals surface area contributed by atoms with Crippen molar-refractivity contribution >= 4 is 23.4 Å². The number of para-hydroxylation sites is 1. The Labute approximate surface area is 128 Å². The summed E-state index contributed by atoms with van der Waals surface area (Å²) in [5.74, 6) is 0.882. The third-order valence-electron chi connectivity index (χ3n) is 2.98. The van der Waals surface area contributed by atoms with Gasteiger partial charge >= 0.3 is 6.09 Å². The monoisotopic (exact) mass is 305 g/mol. The number of methoxy groups -OCH3 is 1. The number of halogens is 1. The van der Waals surface area contributed by atoms with Crippen molar-refractivity contribution in [1.82, 2.24) is 0 Å². The number of hydrogen-bond donors (Lipinski definition) is 1. The van der Waals surface area contributed by atoms with Crippen LogP contribution >= 0.6 is 11.6 Å². The molecule has 0 unspecified atom stereocenters. The van der Waals surface area contributed by atoms with Crippen molar-refractivity contribution in [3.8, 4) is 11.5 Å². The highest BCUT2D eigenvalue weighted by Crippen LogP contribution is 2.29. The highest BCUT2D eigenvalue weighted by Gasteiger charge is 2.11. The second-order valence-electron chi connectivity index (χ2n) is 4.32. The van der Waals surface area contributed by atoms with Crippen molar-refractivity contribution in [3.05, 3.63) is 53.1 Å². The van der Waals surface area contributed by atoms with Gasteiger partial charge in [-0.05, 0) is 30.2 Å². The van der Waals surface area contributed by atoms with Gasteiger partial charge in [0.25, 0.3) is 0 Å². The van der Waals surface area contributed by atoms with E-state index in [1.807, 2.05) is 31.2 Å². The molecule has 110 valence electrons. The highest BCUT2D eigenvalue weighted by atomic mass is 35.5. The summed E-state index contributed by atoms with van der Waals surface area (Å²) in [7, 11) is 1.54. The maximum atomic E-state index is 11.9. The van der Waals surface area contributed by atoms with Crippen molar-refractivity contribution in [2.24, 2.45) is 0 Å². The lowest BCUT2D eigenvalue weighted by Gasteiger charge is -2.11. The van der Waals surface area contributed by atoms with E-state index in [2.05, 4.69) is 5.32 Å². The van der Waals surface area contributed by atoms with E-state index in [4.69, 9.17) is 21.1 Å². The smallest absolute Gasteiger partial charge is 0.417 e. The van der Waals surface area contributed by atoms with Crippen LogP contribution in [-0.4, -0.2) is 13.2 Å². The number of rotatable bonds is 4. The van der Waals surface area contributed by atoms with Crippen molar-refractivity contribution in [2.75, 3.05) is 12.4 Å². The van der Waals surface area contributed by atoms with Crippen LogP contribution in [0.2, 0.25) is 5.02 Å². The van der Waals surface area contributed by atoms with Crippen LogP contribution in [0, 0.1) is 0 Å². The molecule has 0 aliphatic carbocycles. The van der Waals surface area contributed by atoms with Crippen LogP contribution in [0.4, 0.5) is 10.5 Å². The van der Waals surface area contributed by atoms with Gasteiger partial charge in [-0.25, -0.2) is 4.79 Å². The van der Waals surface area contributed by atoms with Gasteiger partial charge < -0.3 is 9.47 Å². The number of carbonyl (C=O) groups excluding carboxylic acids is 1. The minimum atomic E-state index is -0.581. The Balaban J connectivity index is 2.08. The fourth-order valence-electron chi connectivity index (χ4n) is 1.88. The van der Waals surface area contributed by atoms with Gasteiger partial charge in [-0.1, -0.05) is 36.7 Å². The predicted octanol–water partition coefficient (Wildman–Crippen LogP) is 4.52. The summed E-state index contributed by atoms with van der Waals surface area (Å²) >= 11 is 6.03. The van der Waals surface area contributed by atoms with E-state index in [0.29, 0.717) is 10.8 Å². The van der Waals surface area contributed by atoms with Crippen molar-refractivity contribution < 1.29 is 14.3 Å². The Morgan fingerprint density at radius 3 is 2.67 bits per heavy atom. The Bertz CT molecular complexity index is 643. The molecule has 0 saturated carbocycles. The Morgan fingerprint density at radius 1 is 1.24 bits per heavy atom. The van der Waals surface area contributed by atoms with Crippen molar-refractivity contribution in [2.45, 2.75) is 13.3 Å². The zero-order chi connectivity index (χ0) is 15.2. The van der Waals surface area contributed by atoms with Crippen LogP contribution < -0.4 is 14.8 Å². The fourth-order valence-corrected chi connectivity index (χ4v) is 2.09. The first kappa shape index (κ1) is 15.2. The van der Waals surface area contributed by atoms with Crippen LogP contribution in [0.25, 0.3) is 0 Å². The molecule has 4 nitrogen and oxygen atoms in total. The normalized spacial score (nSPS) is 10.0. The van der Waals surface area contributed by atoms with Crippen LogP contribution in [0.5, 0.6) is 11.5 Å². The maximum Gasteiger partial charge on any atom is 0.417 e. The Morgan fingerprint density at radius 2 is 2.00 bits per heavy atom.